The second-order valence-electron chi connectivity index (χ2n) is 4.42. The van der Waals surface area contributed by atoms with Crippen molar-refractivity contribution < 1.29 is 4.92 Å². The number of para-hydroxylation sites is 1. The number of hydrogen-bond donors (Lipinski definition) is 1. The van der Waals surface area contributed by atoms with E-state index in [2.05, 4.69) is 4.98 Å². The van der Waals surface area contributed by atoms with E-state index in [0.29, 0.717) is 16.6 Å². The maximum atomic E-state index is 11.1. The summed E-state index contributed by atoms with van der Waals surface area (Å²) in [6, 6.07) is 10.6. The Morgan fingerprint density at radius 3 is 2.68 bits per heavy atom. The fraction of sp³-hybridized carbons (Fsp3) is 0.0714. The van der Waals surface area contributed by atoms with Crippen LogP contribution in [0.4, 0.5) is 11.4 Å². The van der Waals surface area contributed by atoms with E-state index < -0.39 is 4.92 Å². The van der Waals surface area contributed by atoms with E-state index in [-0.39, 0.29) is 5.69 Å². The molecule has 5 heteroatoms. The minimum absolute atomic E-state index is 0.00338. The molecule has 0 radical (unpaired) electrons. The van der Waals surface area contributed by atoms with Crippen molar-refractivity contribution in [3.8, 4) is 0 Å². The highest BCUT2D eigenvalue weighted by atomic mass is 16.6. The van der Waals surface area contributed by atoms with Gasteiger partial charge in [-0.2, -0.15) is 0 Å². The molecule has 19 heavy (non-hydrogen) atoms. The zero-order valence-electron chi connectivity index (χ0n) is 10.3. The number of aryl methyl sites for hydroxylation is 1. The highest BCUT2D eigenvalue weighted by molar-refractivity contribution is 6.10. The minimum atomic E-state index is -0.422. The van der Waals surface area contributed by atoms with Crippen LogP contribution < -0.4 is 5.73 Å². The molecule has 0 aliphatic rings. The van der Waals surface area contributed by atoms with Gasteiger partial charge >= 0.3 is 0 Å². The minimum Gasteiger partial charge on any atom is -0.397 e. The van der Waals surface area contributed by atoms with E-state index in [1.54, 1.807) is 6.07 Å². The van der Waals surface area contributed by atoms with E-state index in [9.17, 15) is 10.1 Å². The van der Waals surface area contributed by atoms with Crippen LogP contribution in [0, 0.1) is 17.0 Å². The first kappa shape index (κ1) is 11.4. The van der Waals surface area contributed by atoms with Crippen LogP contribution in [-0.2, 0) is 0 Å². The number of nitrogens with zero attached hydrogens (tertiary/aromatic N) is 2. The lowest BCUT2D eigenvalue weighted by Crippen LogP contribution is -1.98. The average molecular weight is 253 g/mol. The van der Waals surface area contributed by atoms with Gasteiger partial charge in [0, 0.05) is 11.5 Å². The molecule has 1 heterocycles. The van der Waals surface area contributed by atoms with Gasteiger partial charge in [-0.3, -0.25) is 10.1 Å². The SMILES string of the molecule is Cc1ccc([N+](=O)[O-])c2c(N)c3ccccc3nc12. The van der Waals surface area contributed by atoms with E-state index in [0.717, 1.165) is 16.5 Å². The van der Waals surface area contributed by atoms with Crippen LogP contribution in [0.25, 0.3) is 21.8 Å². The summed E-state index contributed by atoms with van der Waals surface area (Å²) in [7, 11) is 0. The molecule has 0 aliphatic carbocycles. The van der Waals surface area contributed by atoms with Crippen LogP contribution in [-0.4, -0.2) is 9.91 Å². The second-order valence-corrected chi connectivity index (χ2v) is 4.42. The molecule has 0 spiro atoms. The first-order valence-electron chi connectivity index (χ1n) is 5.81. The van der Waals surface area contributed by atoms with Crippen LogP contribution >= 0.6 is 0 Å². The van der Waals surface area contributed by atoms with Crippen LogP contribution in [0.5, 0.6) is 0 Å². The summed E-state index contributed by atoms with van der Waals surface area (Å²) < 4.78 is 0. The first-order chi connectivity index (χ1) is 9.09. The Kier molecular flexibility index (Phi) is 2.35. The number of nitrogens with two attached hydrogens (primary N) is 1. The van der Waals surface area contributed by atoms with Crippen molar-refractivity contribution in [2.45, 2.75) is 6.92 Å². The number of anilines is 1. The molecule has 0 fully saturated rings. The molecule has 3 rings (SSSR count). The molecule has 3 aromatic rings. The third-order valence-electron chi connectivity index (χ3n) is 3.25. The molecule has 1 aromatic heterocycles. The van der Waals surface area contributed by atoms with E-state index >= 15 is 0 Å². The number of non-ortho nitro benzene ring substituents is 1. The van der Waals surface area contributed by atoms with Gasteiger partial charge in [0.15, 0.2) is 0 Å². The maximum Gasteiger partial charge on any atom is 0.280 e. The molecule has 0 unspecified atom stereocenters. The lowest BCUT2D eigenvalue weighted by molar-refractivity contribution is -0.383. The van der Waals surface area contributed by atoms with Crippen molar-refractivity contribution >= 4 is 33.2 Å². The van der Waals surface area contributed by atoms with Gasteiger partial charge < -0.3 is 5.73 Å². The Hall–Kier alpha value is -2.69. The lowest BCUT2D eigenvalue weighted by atomic mass is 10.0. The highest BCUT2D eigenvalue weighted by Gasteiger charge is 2.18. The predicted molar refractivity (Wildman–Crippen MR) is 75.1 cm³/mol. The molecule has 2 N–H and O–H groups in total. The van der Waals surface area contributed by atoms with Gasteiger partial charge in [0.25, 0.3) is 5.69 Å². The molecule has 0 bridgehead atoms. The normalized spacial score (nSPS) is 11.0. The van der Waals surface area contributed by atoms with Crippen molar-refractivity contribution in [2.75, 3.05) is 5.73 Å². The predicted octanol–water partition coefficient (Wildman–Crippen LogP) is 3.19. The zero-order valence-corrected chi connectivity index (χ0v) is 10.3. The molecule has 2 aromatic carbocycles. The zero-order chi connectivity index (χ0) is 13.6. The summed E-state index contributed by atoms with van der Waals surface area (Å²) in [5, 5.41) is 12.3. The number of nitrogen functional groups attached to an aromatic ring is 1. The van der Waals surface area contributed by atoms with Crippen molar-refractivity contribution in [1.29, 1.82) is 0 Å². The molecule has 94 valence electrons. The number of pyridine rings is 1. The third kappa shape index (κ3) is 1.59. The molecular formula is C14H11N3O2. The number of nitro groups is 1. The third-order valence-corrected chi connectivity index (χ3v) is 3.25. The quantitative estimate of drug-likeness (QED) is 0.410. The van der Waals surface area contributed by atoms with Crippen LogP contribution in [0.15, 0.2) is 36.4 Å². The Morgan fingerprint density at radius 2 is 1.95 bits per heavy atom. The number of fused-ring (bicyclic) bond motifs is 2. The van der Waals surface area contributed by atoms with Gasteiger partial charge in [0.05, 0.1) is 21.6 Å². The number of benzene rings is 2. The fourth-order valence-electron chi connectivity index (χ4n) is 2.30. The Morgan fingerprint density at radius 1 is 1.21 bits per heavy atom. The van der Waals surface area contributed by atoms with Crippen LogP contribution in [0.3, 0.4) is 0 Å². The molecule has 0 saturated heterocycles. The monoisotopic (exact) mass is 253 g/mol. The molecule has 0 saturated carbocycles. The molecule has 0 aliphatic heterocycles. The summed E-state index contributed by atoms with van der Waals surface area (Å²) in [6.07, 6.45) is 0. The largest absolute Gasteiger partial charge is 0.397 e. The average Bonchev–Trinajstić information content (AvgIpc) is 2.40. The van der Waals surface area contributed by atoms with E-state index in [1.807, 2.05) is 31.2 Å². The van der Waals surface area contributed by atoms with Crippen molar-refractivity contribution in [2.24, 2.45) is 0 Å². The Bertz CT molecular complexity index is 828. The Balaban J connectivity index is 2.61. The standard InChI is InChI=1S/C14H11N3O2/c1-8-6-7-11(17(18)19)12-13(15)9-4-2-3-5-10(9)16-14(8)12/h2-7H,1H3,(H2,15,16). The summed E-state index contributed by atoms with van der Waals surface area (Å²) in [5.74, 6) is 0. The maximum absolute atomic E-state index is 11.1. The number of rotatable bonds is 1. The topological polar surface area (TPSA) is 82.0 Å². The van der Waals surface area contributed by atoms with Gasteiger partial charge in [-0.1, -0.05) is 24.3 Å². The highest BCUT2D eigenvalue weighted by Crippen LogP contribution is 2.35. The molecule has 5 nitrogen and oxygen atoms in total. The second kappa shape index (κ2) is 3.91. The number of aromatic nitrogens is 1. The van der Waals surface area contributed by atoms with Gasteiger partial charge in [0.2, 0.25) is 0 Å². The number of nitro benzene ring substituents is 1. The van der Waals surface area contributed by atoms with Gasteiger partial charge in [-0.15, -0.1) is 0 Å². The molecule has 0 atom stereocenters. The van der Waals surface area contributed by atoms with Crippen LogP contribution in [0.2, 0.25) is 0 Å². The summed E-state index contributed by atoms with van der Waals surface area (Å²) >= 11 is 0. The van der Waals surface area contributed by atoms with Gasteiger partial charge in [-0.25, -0.2) is 4.98 Å². The number of hydrogen-bond acceptors (Lipinski definition) is 4. The summed E-state index contributed by atoms with van der Waals surface area (Å²) in [6.45, 7) is 1.87. The van der Waals surface area contributed by atoms with E-state index in [1.165, 1.54) is 6.07 Å². The van der Waals surface area contributed by atoms with Crippen molar-refractivity contribution in [3.63, 3.8) is 0 Å². The summed E-state index contributed by atoms with van der Waals surface area (Å²) in [5.41, 5.74) is 8.74. The van der Waals surface area contributed by atoms with Crippen molar-refractivity contribution in [3.05, 3.63) is 52.1 Å². The lowest BCUT2D eigenvalue weighted by Gasteiger charge is -2.08. The van der Waals surface area contributed by atoms with Gasteiger partial charge in [-0.05, 0) is 18.6 Å². The smallest absolute Gasteiger partial charge is 0.280 e. The van der Waals surface area contributed by atoms with E-state index in [4.69, 9.17) is 5.73 Å². The Labute approximate surface area is 108 Å². The van der Waals surface area contributed by atoms with Crippen molar-refractivity contribution in [1.82, 2.24) is 4.98 Å². The van der Waals surface area contributed by atoms with Crippen LogP contribution in [0.1, 0.15) is 5.56 Å². The first-order valence-corrected chi connectivity index (χ1v) is 5.81. The molecule has 0 amide bonds. The summed E-state index contributed by atoms with van der Waals surface area (Å²) in [4.78, 5) is 15.2. The van der Waals surface area contributed by atoms with Gasteiger partial charge in [0.1, 0.15) is 5.39 Å². The fourth-order valence-corrected chi connectivity index (χ4v) is 2.30. The molecular weight excluding hydrogens is 242 g/mol.